The number of rotatable bonds is 7. The van der Waals surface area contributed by atoms with Crippen LogP contribution in [-0.4, -0.2) is 32.4 Å². The maximum atomic E-state index is 13.4. The fourth-order valence-electron chi connectivity index (χ4n) is 3.62. The second-order valence-electron chi connectivity index (χ2n) is 7.34. The average molecular weight is 398 g/mol. The monoisotopic (exact) mass is 397 g/mol. The summed E-state index contributed by atoms with van der Waals surface area (Å²) in [6.07, 6.45) is 1.86. The van der Waals surface area contributed by atoms with E-state index in [2.05, 4.69) is 27.7 Å². The highest BCUT2D eigenvalue weighted by atomic mass is 35.5. The van der Waals surface area contributed by atoms with Crippen molar-refractivity contribution in [2.75, 3.05) is 0 Å². The van der Waals surface area contributed by atoms with Gasteiger partial charge in [-0.2, -0.15) is 0 Å². The Morgan fingerprint density at radius 1 is 1.07 bits per heavy atom. The predicted molar refractivity (Wildman–Crippen MR) is 117 cm³/mol. The van der Waals surface area contributed by atoms with E-state index in [0.29, 0.717) is 5.02 Å². The van der Waals surface area contributed by atoms with E-state index in [9.17, 15) is 4.79 Å². The summed E-state index contributed by atoms with van der Waals surface area (Å²) in [6.45, 7) is 8.74. The largest absolute Gasteiger partial charge is 0.336 e. The second kappa shape index (κ2) is 8.78. The van der Waals surface area contributed by atoms with E-state index in [4.69, 9.17) is 16.6 Å². The molecule has 2 atom stereocenters. The molecule has 0 radical (unpaired) electrons. The van der Waals surface area contributed by atoms with E-state index in [1.807, 2.05) is 58.0 Å². The molecule has 3 aromatic rings. The third kappa shape index (κ3) is 4.07. The molecule has 0 saturated carbocycles. The van der Waals surface area contributed by atoms with Gasteiger partial charge in [-0.15, -0.1) is 0 Å². The lowest BCUT2D eigenvalue weighted by molar-refractivity contribution is -0.136. The minimum atomic E-state index is 0.120. The van der Waals surface area contributed by atoms with Crippen LogP contribution >= 0.6 is 11.6 Å². The molecule has 0 fully saturated rings. The zero-order valence-electron chi connectivity index (χ0n) is 17.0. The molecule has 4 nitrogen and oxygen atoms in total. The van der Waals surface area contributed by atoms with E-state index in [0.717, 1.165) is 35.3 Å². The number of carbonyl (C=O) groups is 1. The number of fused-ring (bicyclic) bond motifs is 1. The quantitative estimate of drug-likeness (QED) is 0.506. The summed E-state index contributed by atoms with van der Waals surface area (Å²) in [7, 11) is 0. The van der Waals surface area contributed by atoms with Crippen LogP contribution in [-0.2, 0) is 11.3 Å². The highest BCUT2D eigenvalue weighted by Crippen LogP contribution is 2.27. The van der Waals surface area contributed by atoms with Gasteiger partial charge < -0.3 is 9.47 Å². The van der Waals surface area contributed by atoms with Crippen molar-refractivity contribution in [2.45, 2.75) is 59.2 Å². The number of imidazole rings is 1. The van der Waals surface area contributed by atoms with Gasteiger partial charge in [0.05, 0.1) is 11.0 Å². The number of benzene rings is 2. The molecule has 3 rings (SSSR count). The molecule has 148 valence electrons. The Morgan fingerprint density at radius 2 is 1.75 bits per heavy atom. The van der Waals surface area contributed by atoms with Crippen LogP contribution in [0.2, 0.25) is 5.02 Å². The van der Waals surface area contributed by atoms with Gasteiger partial charge in [0.25, 0.3) is 0 Å². The van der Waals surface area contributed by atoms with Crippen LogP contribution in [0.25, 0.3) is 22.4 Å². The summed E-state index contributed by atoms with van der Waals surface area (Å²) in [5, 5.41) is 0.656. The minimum absolute atomic E-state index is 0.120. The van der Waals surface area contributed by atoms with E-state index < -0.39 is 0 Å². The Bertz CT molecular complexity index is 955. The molecule has 1 heterocycles. The molecule has 0 aliphatic rings. The van der Waals surface area contributed by atoms with Crippen molar-refractivity contribution in [3.8, 4) is 11.4 Å². The summed E-state index contributed by atoms with van der Waals surface area (Å²) in [4.78, 5) is 20.2. The predicted octanol–water partition coefficient (Wildman–Crippen LogP) is 5.78. The third-order valence-corrected chi connectivity index (χ3v) is 5.69. The number of aromatic nitrogens is 2. The number of hydrogen-bond donors (Lipinski definition) is 0. The average Bonchev–Trinajstić information content (AvgIpc) is 3.06. The molecule has 0 aliphatic heterocycles. The standard InChI is InChI=1S/C23H28ClN3O/c1-5-16(3)27(17(4)6-2)22(28)15-26-21-13-8-7-12-20(21)25-23(26)18-10-9-11-19(24)14-18/h7-14,16-17H,5-6,15H2,1-4H3. The number of nitrogens with zero attached hydrogens (tertiary/aromatic N) is 3. The number of para-hydroxylation sites is 2. The molecule has 5 heteroatoms. The van der Waals surface area contributed by atoms with Gasteiger partial charge in [-0.05, 0) is 51.0 Å². The molecule has 0 saturated heterocycles. The zero-order valence-corrected chi connectivity index (χ0v) is 17.8. The summed E-state index contributed by atoms with van der Waals surface area (Å²) < 4.78 is 2.01. The van der Waals surface area contributed by atoms with E-state index in [1.54, 1.807) is 0 Å². The van der Waals surface area contributed by atoms with Crippen molar-refractivity contribution in [1.82, 2.24) is 14.5 Å². The molecule has 1 aromatic heterocycles. The Hall–Kier alpha value is -2.33. The van der Waals surface area contributed by atoms with Crippen molar-refractivity contribution in [2.24, 2.45) is 0 Å². The first-order valence-corrected chi connectivity index (χ1v) is 10.4. The molecule has 0 aliphatic carbocycles. The lowest BCUT2D eigenvalue weighted by Gasteiger charge is -2.34. The van der Waals surface area contributed by atoms with Crippen LogP contribution in [0.5, 0.6) is 0 Å². The maximum Gasteiger partial charge on any atom is 0.243 e. The Kier molecular flexibility index (Phi) is 6.40. The van der Waals surface area contributed by atoms with Crippen LogP contribution in [0.3, 0.4) is 0 Å². The number of amides is 1. The Labute approximate surface area is 172 Å². The van der Waals surface area contributed by atoms with Gasteiger partial charge in [0, 0.05) is 22.7 Å². The molecule has 2 unspecified atom stereocenters. The smallest absolute Gasteiger partial charge is 0.243 e. The number of hydrogen-bond acceptors (Lipinski definition) is 2. The van der Waals surface area contributed by atoms with Gasteiger partial charge >= 0.3 is 0 Å². The van der Waals surface area contributed by atoms with Crippen molar-refractivity contribution in [1.29, 1.82) is 0 Å². The first-order chi connectivity index (χ1) is 13.5. The van der Waals surface area contributed by atoms with Crippen LogP contribution in [0, 0.1) is 0 Å². The number of halogens is 1. The van der Waals surface area contributed by atoms with Gasteiger partial charge in [-0.1, -0.05) is 49.7 Å². The zero-order chi connectivity index (χ0) is 20.3. The first kappa shape index (κ1) is 20.4. The molecule has 0 spiro atoms. The summed E-state index contributed by atoms with van der Waals surface area (Å²) in [6, 6.07) is 16.0. The highest BCUT2D eigenvalue weighted by molar-refractivity contribution is 6.30. The maximum absolute atomic E-state index is 13.4. The van der Waals surface area contributed by atoms with Crippen LogP contribution in [0.15, 0.2) is 48.5 Å². The lowest BCUT2D eigenvalue weighted by Crippen LogP contribution is -2.45. The Morgan fingerprint density at radius 3 is 2.39 bits per heavy atom. The topological polar surface area (TPSA) is 38.1 Å². The van der Waals surface area contributed by atoms with Gasteiger partial charge in [0.15, 0.2) is 0 Å². The number of carbonyl (C=O) groups excluding carboxylic acids is 1. The fourth-order valence-corrected chi connectivity index (χ4v) is 3.81. The SMILES string of the molecule is CCC(C)N(C(=O)Cn1c(-c2cccc(Cl)c2)nc2ccccc21)C(C)CC. The molecule has 28 heavy (non-hydrogen) atoms. The van der Waals surface area contributed by atoms with Crippen molar-refractivity contribution < 1.29 is 4.79 Å². The van der Waals surface area contributed by atoms with E-state index >= 15 is 0 Å². The van der Waals surface area contributed by atoms with Gasteiger partial charge in [-0.25, -0.2) is 4.98 Å². The molecule has 2 aromatic carbocycles. The molecule has 0 N–H and O–H groups in total. The van der Waals surface area contributed by atoms with Crippen LogP contribution in [0.1, 0.15) is 40.5 Å². The van der Waals surface area contributed by atoms with Crippen molar-refractivity contribution in [3.63, 3.8) is 0 Å². The summed E-state index contributed by atoms with van der Waals surface area (Å²) >= 11 is 6.21. The van der Waals surface area contributed by atoms with Crippen LogP contribution < -0.4 is 0 Å². The molecular weight excluding hydrogens is 370 g/mol. The first-order valence-electron chi connectivity index (χ1n) is 9.98. The third-order valence-electron chi connectivity index (χ3n) is 5.45. The summed E-state index contributed by atoms with van der Waals surface area (Å²) in [5.74, 6) is 0.889. The minimum Gasteiger partial charge on any atom is -0.336 e. The van der Waals surface area contributed by atoms with E-state index in [1.165, 1.54) is 0 Å². The van der Waals surface area contributed by atoms with Crippen molar-refractivity contribution >= 4 is 28.5 Å². The van der Waals surface area contributed by atoms with Gasteiger partial charge in [-0.3, -0.25) is 4.79 Å². The summed E-state index contributed by atoms with van der Waals surface area (Å²) in [5.41, 5.74) is 2.75. The van der Waals surface area contributed by atoms with Crippen LogP contribution in [0.4, 0.5) is 0 Å². The molecular formula is C23H28ClN3O. The fraction of sp³-hybridized carbons (Fsp3) is 0.391. The molecule has 0 bridgehead atoms. The van der Waals surface area contributed by atoms with Gasteiger partial charge in [0.2, 0.25) is 5.91 Å². The normalized spacial score (nSPS) is 13.5. The Balaban J connectivity index is 2.06. The highest BCUT2D eigenvalue weighted by Gasteiger charge is 2.25. The van der Waals surface area contributed by atoms with Crippen molar-refractivity contribution in [3.05, 3.63) is 53.6 Å². The van der Waals surface area contributed by atoms with Gasteiger partial charge in [0.1, 0.15) is 12.4 Å². The molecule has 1 amide bonds. The van der Waals surface area contributed by atoms with E-state index in [-0.39, 0.29) is 24.5 Å². The lowest BCUT2D eigenvalue weighted by atomic mass is 10.1. The second-order valence-corrected chi connectivity index (χ2v) is 7.77.